The molecule has 0 saturated heterocycles. The third-order valence-corrected chi connectivity index (χ3v) is 11.0. The Hall–Kier alpha value is -4.64. The van der Waals surface area contributed by atoms with Gasteiger partial charge in [-0.2, -0.15) is 0 Å². The van der Waals surface area contributed by atoms with E-state index in [1.165, 1.54) is 22.3 Å². The van der Waals surface area contributed by atoms with E-state index >= 15 is 0 Å². The summed E-state index contributed by atoms with van der Waals surface area (Å²) in [7, 11) is 0. The standard InChI is InChI=1S/C48H50N8.2ClH.GeH4/c1-45(2,3)33-31-32(34(46(4,5)6)36(48(10,11)12)35(33)47(7,8)9)44-55-42-30-24-18-16-22-28(30)40(53-42)51-38-26-20-14-13-19-25(26)37(49-38)50-39-27-21-15-17-23-29(27)41(52-39)54-43(31)56-44;;;/h13-24H,1-12H3,(H2,49,50,51,52,53,54,55,56);2*1H;1H4. The van der Waals surface area contributed by atoms with Gasteiger partial charge in [0.1, 0.15) is 22.6 Å². The van der Waals surface area contributed by atoms with E-state index in [0.717, 1.165) is 55.1 Å². The fraction of sp³-hybridized carbons (Fsp3) is 0.333. The molecule has 2 aliphatic rings. The summed E-state index contributed by atoms with van der Waals surface area (Å²) in [5.41, 5.74) is 10.9. The van der Waals surface area contributed by atoms with Gasteiger partial charge in [-0.1, -0.05) is 156 Å². The van der Waals surface area contributed by atoms with Crippen LogP contribution in [0.2, 0.25) is 0 Å². The molecular formula is C48H56Cl2GeN8. The van der Waals surface area contributed by atoms with Gasteiger partial charge < -0.3 is 9.97 Å². The van der Waals surface area contributed by atoms with Gasteiger partial charge in [0, 0.05) is 43.8 Å². The van der Waals surface area contributed by atoms with E-state index in [4.69, 9.17) is 29.9 Å². The maximum absolute atomic E-state index is 5.53. The van der Waals surface area contributed by atoms with E-state index in [1.807, 2.05) is 36.4 Å². The number of halogens is 2. The molecule has 11 heteroatoms. The molecular weight excluding hydrogens is 832 g/mol. The van der Waals surface area contributed by atoms with Crippen LogP contribution < -0.4 is 0 Å². The van der Waals surface area contributed by atoms with Crippen LogP contribution in [0.3, 0.4) is 0 Å². The fourth-order valence-corrected chi connectivity index (χ4v) is 8.90. The van der Waals surface area contributed by atoms with Gasteiger partial charge in [0.25, 0.3) is 0 Å². The Balaban J connectivity index is 0.00000195. The number of nitrogens with zero attached hydrogens (tertiary/aromatic N) is 6. The average molecular weight is 889 g/mol. The summed E-state index contributed by atoms with van der Waals surface area (Å²) >= 11 is 0. The number of benzene rings is 4. The number of aromatic nitrogens is 8. The zero-order valence-electron chi connectivity index (χ0n) is 35.4. The first-order chi connectivity index (χ1) is 26.3. The van der Waals surface area contributed by atoms with Crippen molar-refractivity contribution in [2.45, 2.75) is 105 Å². The Bertz CT molecular complexity index is 2780. The molecule has 0 unspecified atom stereocenters. The van der Waals surface area contributed by atoms with Crippen LogP contribution in [0.4, 0.5) is 0 Å². The molecule has 0 amide bonds. The zero-order valence-corrected chi connectivity index (χ0v) is 37.1. The van der Waals surface area contributed by atoms with E-state index < -0.39 is 0 Å². The van der Waals surface area contributed by atoms with E-state index in [2.05, 4.69) is 129 Å². The summed E-state index contributed by atoms with van der Waals surface area (Å²) in [5, 5.41) is 4.06. The first kappa shape index (κ1) is 43.9. The molecule has 0 atom stereocenters. The van der Waals surface area contributed by atoms with Crippen molar-refractivity contribution < 1.29 is 0 Å². The van der Waals surface area contributed by atoms with Crippen molar-refractivity contribution in [1.82, 2.24) is 39.9 Å². The van der Waals surface area contributed by atoms with E-state index in [1.54, 1.807) is 0 Å². The molecule has 9 rings (SSSR count). The molecule has 0 spiro atoms. The van der Waals surface area contributed by atoms with Crippen LogP contribution >= 0.6 is 24.8 Å². The van der Waals surface area contributed by atoms with Crippen LogP contribution in [0.25, 0.3) is 89.7 Å². The van der Waals surface area contributed by atoms with E-state index in [-0.39, 0.29) is 64.1 Å². The normalized spacial score (nSPS) is 12.7. The fourth-order valence-electron chi connectivity index (χ4n) is 8.90. The van der Waals surface area contributed by atoms with Crippen molar-refractivity contribution in [3.63, 3.8) is 0 Å². The van der Waals surface area contributed by atoms with E-state index in [9.17, 15) is 0 Å². The van der Waals surface area contributed by atoms with Crippen LogP contribution in [0, 0.1) is 0 Å². The first-order valence-corrected chi connectivity index (χ1v) is 19.7. The molecule has 0 saturated carbocycles. The van der Waals surface area contributed by atoms with Crippen LogP contribution in [0.1, 0.15) is 105 Å². The summed E-state index contributed by atoms with van der Waals surface area (Å²) < 4.78 is 0. The van der Waals surface area contributed by atoms with Crippen LogP contribution in [0.5, 0.6) is 0 Å². The summed E-state index contributed by atoms with van der Waals surface area (Å²) in [6.07, 6.45) is 0. The van der Waals surface area contributed by atoms with Crippen LogP contribution in [0.15, 0.2) is 72.8 Å². The minimum absolute atomic E-state index is 0. The summed E-state index contributed by atoms with van der Waals surface area (Å²) in [5.74, 6) is 2.41. The van der Waals surface area contributed by atoms with Gasteiger partial charge in [0.05, 0.1) is 0 Å². The third-order valence-electron chi connectivity index (χ3n) is 11.0. The Morgan fingerprint density at radius 1 is 0.339 bits per heavy atom. The first-order valence-electron chi connectivity index (χ1n) is 19.7. The number of H-pyrrole nitrogens is 2. The Kier molecular flexibility index (Phi) is 11.0. The van der Waals surface area contributed by atoms with Crippen LogP contribution in [-0.4, -0.2) is 57.5 Å². The van der Waals surface area contributed by atoms with Crippen molar-refractivity contribution >= 4 is 86.5 Å². The summed E-state index contributed by atoms with van der Waals surface area (Å²) in [6, 6.07) is 24.6. The third kappa shape index (κ3) is 7.15. The second-order valence-electron chi connectivity index (χ2n) is 19.5. The van der Waals surface area contributed by atoms with Crippen molar-refractivity contribution in [3.05, 3.63) is 95.1 Å². The second kappa shape index (κ2) is 14.8. The molecule has 5 heterocycles. The Morgan fingerprint density at radius 3 is 0.881 bits per heavy atom. The van der Waals surface area contributed by atoms with Crippen molar-refractivity contribution in [3.8, 4) is 45.6 Å². The van der Waals surface area contributed by atoms with Crippen molar-refractivity contribution in [1.29, 1.82) is 0 Å². The van der Waals surface area contributed by atoms with Gasteiger partial charge in [-0.3, -0.25) is 0 Å². The summed E-state index contributed by atoms with van der Waals surface area (Å²) in [4.78, 5) is 39.2. The molecule has 59 heavy (non-hydrogen) atoms. The molecule has 0 radical (unpaired) electrons. The number of aromatic amines is 2. The molecule has 0 fully saturated rings. The molecule has 0 aliphatic carbocycles. The summed E-state index contributed by atoms with van der Waals surface area (Å²) in [6.45, 7) is 28.0. The van der Waals surface area contributed by atoms with E-state index in [0.29, 0.717) is 34.6 Å². The SMILES string of the molecule is CC(C)(C)c1c(C(C)(C)C)c(C(C)(C)C)c2c3nc4nc(nc5[nH]c(nc6nc(nc([nH]3)c2c1C(C)(C)C)-c1ccccc1-6)c1ccccc51)-c1ccccc1-4.Cl.Cl.[GeH4]. The monoisotopic (exact) mass is 888 g/mol. The molecule has 8 nitrogen and oxygen atoms in total. The Labute approximate surface area is 369 Å². The quantitative estimate of drug-likeness (QED) is 0.147. The van der Waals surface area contributed by atoms with Crippen LogP contribution in [-0.2, 0) is 21.7 Å². The van der Waals surface area contributed by atoms with Gasteiger partial charge in [-0.15, -0.1) is 24.8 Å². The predicted octanol–water partition coefficient (Wildman–Crippen LogP) is 11.5. The second-order valence-corrected chi connectivity index (χ2v) is 19.5. The number of fused-ring (bicyclic) bond motifs is 20. The minimum atomic E-state index is -0.259. The molecule has 306 valence electrons. The van der Waals surface area contributed by atoms with Gasteiger partial charge in [-0.25, -0.2) is 29.9 Å². The maximum atomic E-state index is 5.53. The average Bonchev–Trinajstić information content (AvgIpc) is 3.84. The molecule has 3 aromatic heterocycles. The molecule has 2 aliphatic heterocycles. The van der Waals surface area contributed by atoms with Gasteiger partial charge in [-0.05, 0) is 43.9 Å². The zero-order chi connectivity index (χ0) is 39.7. The van der Waals surface area contributed by atoms with Gasteiger partial charge in [0.15, 0.2) is 23.3 Å². The van der Waals surface area contributed by atoms with Crippen molar-refractivity contribution in [2.24, 2.45) is 0 Å². The topological polar surface area (TPSA) is 109 Å². The number of hydrogen-bond donors (Lipinski definition) is 2. The van der Waals surface area contributed by atoms with Gasteiger partial charge in [0.2, 0.25) is 0 Å². The molecule has 2 N–H and O–H groups in total. The Morgan fingerprint density at radius 2 is 0.593 bits per heavy atom. The molecule has 7 aromatic rings. The number of hydrogen-bond acceptors (Lipinski definition) is 6. The molecule has 8 bridgehead atoms. The number of rotatable bonds is 0. The van der Waals surface area contributed by atoms with Gasteiger partial charge >= 0.3 is 17.6 Å². The number of nitrogens with one attached hydrogen (secondary N) is 2. The molecule has 4 aromatic carbocycles. The van der Waals surface area contributed by atoms with Crippen molar-refractivity contribution in [2.75, 3.05) is 0 Å². The predicted molar refractivity (Wildman–Crippen MR) is 257 cm³/mol.